The first kappa shape index (κ1) is 25.9. The standard InChI is InChI=1S/C30H35N5O2/c1-6-22-11-10-14-26(19-22)35(21-27-32-28(33-34(27)5)24-12-8-7-9-13-24)25-17-15-23(16-18-25)20-31-29(36)37-30(2,3)4/h7-19H,6,20-21H2,1-5H3,(H,31,36). The van der Waals surface area contributed by atoms with Gasteiger partial charge in [-0.15, -0.1) is 0 Å². The van der Waals surface area contributed by atoms with Gasteiger partial charge in [0.15, 0.2) is 5.82 Å². The second-order valence-corrected chi connectivity index (χ2v) is 9.97. The minimum Gasteiger partial charge on any atom is -0.444 e. The summed E-state index contributed by atoms with van der Waals surface area (Å²) in [5.41, 5.74) is 4.83. The fourth-order valence-corrected chi connectivity index (χ4v) is 3.96. The molecule has 37 heavy (non-hydrogen) atoms. The van der Waals surface area contributed by atoms with Gasteiger partial charge in [-0.2, -0.15) is 5.10 Å². The summed E-state index contributed by atoms with van der Waals surface area (Å²) in [5.74, 6) is 1.57. The lowest BCUT2D eigenvalue weighted by Gasteiger charge is -2.25. The predicted octanol–water partition coefficient (Wildman–Crippen LogP) is 6.41. The molecule has 7 nitrogen and oxygen atoms in total. The van der Waals surface area contributed by atoms with Gasteiger partial charge in [0.1, 0.15) is 11.4 Å². The Morgan fingerprint density at radius 3 is 2.35 bits per heavy atom. The number of nitrogens with one attached hydrogen (secondary N) is 1. The summed E-state index contributed by atoms with van der Waals surface area (Å²) >= 11 is 0. The van der Waals surface area contributed by atoms with Crippen LogP contribution in [0, 0.1) is 0 Å². The highest BCUT2D eigenvalue weighted by Gasteiger charge is 2.18. The second kappa shape index (κ2) is 11.3. The van der Waals surface area contributed by atoms with Crippen LogP contribution < -0.4 is 10.2 Å². The molecular weight excluding hydrogens is 462 g/mol. The van der Waals surface area contributed by atoms with Gasteiger partial charge in [-0.1, -0.05) is 61.5 Å². The number of amides is 1. The molecule has 4 rings (SSSR count). The van der Waals surface area contributed by atoms with Crippen molar-refractivity contribution in [3.63, 3.8) is 0 Å². The Bertz CT molecular complexity index is 1320. The number of benzene rings is 3. The number of nitrogens with zero attached hydrogens (tertiary/aromatic N) is 4. The second-order valence-electron chi connectivity index (χ2n) is 9.97. The van der Waals surface area contributed by atoms with Gasteiger partial charge in [0, 0.05) is 30.5 Å². The SMILES string of the molecule is CCc1cccc(N(Cc2nc(-c3ccccc3)nn2C)c2ccc(CNC(=O)OC(C)(C)C)cc2)c1. The van der Waals surface area contributed by atoms with E-state index in [2.05, 4.69) is 58.6 Å². The van der Waals surface area contributed by atoms with Crippen molar-refractivity contribution in [3.05, 3.63) is 95.8 Å². The number of alkyl carbamates (subject to hydrolysis) is 1. The van der Waals surface area contributed by atoms with Gasteiger partial charge >= 0.3 is 6.09 Å². The van der Waals surface area contributed by atoms with E-state index in [4.69, 9.17) is 9.72 Å². The number of rotatable bonds is 8. The minimum atomic E-state index is -0.526. The highest BCUT2D eigenvalue weighted by atomic mass is 16.6. The molecule has 0 radical (unpaired) electrons. The largest absolute Gasteiger partial charge is 0.444 e. The fraction of sp³-hybridized carbons (Fsp3) is 0.300. The van der Waals surface area contributed by atoms with E-state index in [-0.39, 0.29) is 0 Å². The average molecular weight is 498 g/mol. The smallest absolute Gasteiger partial charge is 0.407 e. The van der Waals surface area contributed by atoms with E-state index in [1.807, 2.05) is 75.0 Å². The molecule has 0 spiro atoms. The first-order valence-electron chi connectivity index (χ1n) is 12.6. The Labute approximate surface area is 219 Å². The molecule has 0 bridgehead atoms. The molecule has 1 N–H and O–H groups in total. The number of aromatic nitrogens is 3. The quantitative estimate of drug-likeness (QED) is 0.305. The molecule has 1 amide bonds. The van der Waals surface area contributed by atoms with E-state index in [1.54, 1.807) is 0 Å². The Hall–Kier alpha value is -4.13. The molecule has 0 saturated carbocycles. The number of carbonyl (C=O) groups excluding carboxylic acids is 1. The van der Waals surface area contributed by atoms with Crippen LogP contribution >= 0.6 is 0 Å². The Balaban J connectivity index is 1.58. The van der Waals surface area contributed by atoms with Crippen molar-refractivity contribution in [1.82, 2.24) is 20.1 Å². The van der Waals surface area contributed by atoms with Gasteiger partial charge in [0.05, 0.1) is 6.54 Å². The number of hydrogen-bond acceptors (Lipinski definition) is 5. The van der Waals surface area contributed by atoms with Gasteiger partial charge in [0.2, 0.25) is 0 Å². The summed E-state index contributed by atoms with van der Waals surface area (Å²) in [6, 6.07) is 26.8. The number of aryl methyl sites for hydroxylation is 2. The molecule has 0 aliphatic rings. The van der Waals surface area contributed by atoms with Crippen LogP contribution in [0.5, 0.6) is 0 Å². The number of carbonyl (C=O) groups is 1. The van der Waals surface area contributed by atoms with Crippen molar-refractivity contribution in [1.29, 1.82) is 0 Å². The van der Waals surface area contributed by atoms with Crippen molar-refractivity contribution in [2.75, 3.05) is 4.90 Å². The topological polar surface area (TPSA) is 72.3 Å². The summed E-state index contributed by atoms with van der Waals surface area (Å²) in [5, 5.41) is 7.48. The molecule has 0 aliphatic carbocycles. The highest BCUT2D eigenvalue weighted by Crippen LogP contribution is 2.29. The van der Waals surface area contributed by atoms with Crippen LogP contribution in [0.25, 0.3) is 11.4 Å². The van der Waals surface area contributed by atoms with Crippen LogP contribution in [0.15, 0.2) is 78.9 Å². The van der Waals surface area contributed by atoms with Crippen molar-refractivity contribution in [3.8, 4) is 11.4 Å². The fourth-order valence-electron chi connectivity index (χ4n) is 3.96. The summed E-state index contributed by atoms with van der Waals surface area (Å²) in [7, 11) is 1.93. The zero-order valence-electron chi connectivity index (χ0n) is 22.2. The number of hydrogen-bond donors (Lipinski definition) is 1. The third-order valence-corrected chi connectivity index (χ3v) is 5.90. The summed E-state index contributed by atoms with van der Waals surface area (Å²) in [6.07, 6.45) is 0.532. The Morgan fingerprint density at radius 2 is 1.68 bits per heavy atom. The molecule has 0 fully saturated rings. The lowest BCUT2D eigenvalue weighted by molar-refractivity contribution is 0.0523. The van der Waals surface area contributed by atoms with Crippen LogP contribution in [-0.4, -0.2) is 26.5 Å². The Kier molecular flexibility index (Phi) is 7.92. The molecule has 1 aromatic heterocycles. The Morgan fingerprint density at radius 1 is 0.946 bits per heavy atom. The summed E-state index contributed by atoms with van der Waals surface area (Å²) in [4.78, 5) is 19.1. The predicted molar refractivity (Wildman–Crippen MR) is 148 cm³/mol. The van der Waals surface area contributed by atoms with E-state index in [0.29, 0.717) is 18.9 Å². The van der Waals surface area contributed by atoms with Crippen LogP contribution in [0.3, 0.4) is 0 Å². The molecular formula is C30H35N5O2. The van der Waals surface area contributed by atoms with E-state index >= 15 is 0 Å². The first-order chi connectivity index (χ1) is 17.7. The number of anilines is 2. The maximum atomic E-state index is 12.0. The van der Waals surface area contributed by atoms with Gasteiger partial charge < -0.3 is 15.0 Å². The van der Waals surface area contributed by atoms with E-state index < -0.39 is 11.7 Å². The maximum absolute atomic E-state index is 12.0. The van der Waals surface area contributed by atoms with Gasteiger partial charge in [-0.25, -0.2) is 9.78 Å². The van der Waals surface area contributed by atoms with Crippen LogP contribution in [-0.2, 0) is 31.3 Å². The van der Waals surface area contributed by atoms with Gasteiger partial charge in [0.25, 0.3) is 0 Å². The van der Waals surface area contributed by atoms with Crippen molar-refractivity contribution in [2.45, 2.75) is 52.8 Å². The zero-order valence-corrected chi connectivity index (χ0v) is 22.2. The van der Waals surface area contributed by atoms with E-state index in [1.165, 1.54) is 5.56 Å². The van der Waals surface area contributed by atoms with Crippen molar-refractivity contribution in [2.24, 2.45) is 7.05 Å². The lowest BCUT2D eigenvalue weighted by atomic mass is 10.1. The highest BCUT2D eigenvalue weighted by molar-refractivity contribution is 5.68. The third kappa shape index (κ3) is 6.97. The molecule has 1 heterocycles. The van der Waals surface area contributed by atoms with E-state index in [0.717, 1.165) is 34.7 Å². The maximum Gasteiger partial charge on any atom is 0.407 e. The molecule has 3 aromatic carbocycles. The van der Waals surface area contributed by atoms with E-state index in [9.17, 15) is 4.79 Å². The minimum absolute atomic E-state index is 0.393. The van der Waals surface area contributed by atoms with Crippen molar-refractivity contribution < 1.29 is 9.53 Å². The normalized spacial score (nSPS) is 11.3. The van der Waals surface area contributed by atoms with Crippen molar-refractivity contribution >= 4 is 17.5 Å². The van der Waals surface area contributed by atoms with Gasteiger partial charge in [-0.3, -0.25) is 4.68 Å². The molecule has 4 aromatic rings. The summed E-state index contributed by atoms with van der Waals surface area (Å²) in [6.45, 7) is 8.66. The lowest BCUT2D eigenvalue weighted by Crippen LogP contribution is -2.32. The first-order valence-corrected chi connectivity index (χ1v) is 12.6. The average Bonchev–Trinajstić information content (AvgIpc) is 3.26. The molecule has 0 atom stereocenters. The van der Waals surface area contributed by atoms with Crippen LogP contribution in [0.2, 0.25) is 0 Å². The monoisotopic (exact) mass is 497 g/mol. The third-order valence-electron chi connectivity index (χ3n) is 5.90. The molecule has 7 heteroatoms. The van der Waals surface area contributed by atoms with Gasteiger partial charge in [-0.05, 0) is 62.6 Å². The summed E-state index contributed by atoms with van der Waals surface area (Å²) < 4.78 is 7.18. The zero-order chi connectivity index (χ0) is 26.4. The molecule has 192 valence electrons. The number of ether oxygens (including phenoxy) is 1. The van der Waals surface area contributed by atoms with Crippen LogP contribution in [0.1, 0.15) is 44.6 Å². The van der Waals surface area contributed by atoms with Crippen LogP contribution in [0.4, 0.5) is 16.2 Å². The molecule has 0 aliphatic heterocycles. The molecule has 0 unspecified atom stereocenters. The molecule has 0 saturated heterocycles.